The molecule has 0 unspecified atom stereocenters. The van der Waals surface area contributed by atoms with Gasteiger partial charge in [0.05, 0.1) is 6.04 Å². The maximum Gasteiger partial charge on any atom is 0.251 e. The molecule has 1 heterocycles. The van der Waals surface area contributed by atoms with Crippen LogP contribution in [-0.4, -0.2) is 30.4 Å². The molecule has 0 aromatic heterocycles. The number of amides is 1. The van der Waals surface area contributed by atoms with Crippen LogP contribution in [0.3, 0.4) is 0 Å². The van der Waals surface area contributed by atoms with E-state index in [4.69, 9.17) is 11.6 Å². The summed E-state index contributed by atoms with van der Waals surface area (Å²) in [6.07, 6.45) is 2.45. The molecule has 1 aliphatic rings. The molecule has 0 radical (unpaired) electrons. The first-order chi connectivity index (χ1) is 11.6. The normalized spacial score (nSPS) is 16.1. The van der Waals surface area contributed by atoms with E-state index in [-0.39, 0.29) is 11.9 Å². The Hall–Kier alpha value is -1.84. The van der Waals surface area contributed by atoms with Crippen LogP contribution in [0.4, 0.5) is 0 Å². The van der Waals surface area contributed by atoms with Crippen molar-refractivity contribution in [2.24, 2.45) is 0 Å². The maximum atomic E-state index is 12.4. The highest BCUT2D eigenvalue weighted by Gasteiger charge is 2.24. The quantitative estimate of drug-likeness (QED) is 0.882. The van der Waals surface area contributed by atoms with E-state index in [0.29, 0.717) is 17.1 Å². The average Bonchev–Trinajstić information content (AvgIpc) is 3.11. The molecule has 2 aromatic carbocycles. The highest BCUT2D eigenvalue weighted by atomic mass is 35.5. The fourth-order valence-corrected chi connectivity index (χ4v) is 3.41. The number of halogens is 1. The summed E-state index contributed by atoms with van der Waals surface area (Å²) in [5.41, 5.74) is 3.11. The predicted molar refractivity (Wildman–Crippen MR) is 98.5 cm³/mol. The van der Waals surface area contributed by atoms with E-state index in [1.807, 2.05) is 0 Å². The van der Waals surface area contributed by atoms with Gasteiger partial charge < -0.3 is 5.32 Å². The molecule has 1 aliphatic heterocycles. The number of benzene rings is 2. The summed E-state index contributed by atoms with van der Waals surface area (Å²) < 4.78 is 0. The predicted octanol–water partition coefficient (Wildman–Crippen LogP) is 4.22. The lowest BCUT2D eigenvalue weighted by atomic mass is 10.0. The first kappa shape index (κ1) is 17.0. The molecule has 0 saturated carbocycles. The number of likely N-dealkylation sites (tertiary alicyclic amines) is 1. The molecule has 126 valence electrons. The largest absolute Gasteiger partial charge is 0.350 e. The Morgan fingerprint density at radius 1 is 1.17 bits per heavy atom. The molecule has 2 aromatic rings. The van der Waals surface area contributed by atoms with E-state index in [1.165, 1.54) is 24.0 Å². The molecule has 1 fully saturated rings. The van der Waals surface area contributed by atoms with Gasteiger partial charge in [-0.3, -0.25) is 9.69 Å². The van der Waals surface area contributed by atoms with Crippen molar-refractivity contribution in [3.05, 3.63) is 70.2 Å². The Balaban J connectivity index is 1.72. The Labute approximate surface area is 148 Å². The average molecular weight is 343 g/mol. The van der Waals surface area contributed by atoms with Gasteiger partial charge in [0.2, 0.25) is 0 Å². The summed E-state index contributed by atoms with van der Waals surface area (Å²) in [5.74, 6) is -0.0752. The molecule has 0 bridgehead atoms. The van der Waals surface area contributed by atoms with Gasteiger partial charge in [-0.15, -0.1) is 0 Å². The second-order valence-corrected chi connectivity index (χ2v) is 6.83. The van der Waals surface area contributed by atoms with Crippen LogP contribution in [-0.2, 0) is 0 Å². The molecule has 1 saturated heterocycles. The minimum absolute atomic E-state index is 0.0752. The van der Waals surface area contributed by atoms with Crippen LogP contribution < -0.4 is 5.32 Å². The molecule has 3 rings (SSSR count). The van der Waals surface area contributed by atoms with Crippen molar-refractivity contribution < 1.29 is 4.79 Å². The topological polar surface area (TPSA) is 32.3 Å². The Kier molecular flexibility index (Phi) is 5.54. The minimum atomic E-state index is -0.0752. The smallest absolute Gasteiger partial charge is 0.251 e. The number of aryl methyl sites for hydroxylation is 1. The van der Waals surface area contributed by atoms with Gasteiger partial charge in [0.25, 0.3) is 5.91 Å². The second-order valence-electron chi connectivity index (χ2n) is 6.39. The number of rotatable bonds is 5. The third-order valence-electron chi connectivity index (χ3n) is 4.59. The zero-order chi connectivity index (χ0) is 16.9. The zero-order valence-electron chi connectivity index (χ0n) is 14.0. The molecule has 4 heteroatoms. The molecule has 1 amide bonds. The molecular formula is C20H23ClN2O. The van der Waals surface area contributed by atoms with Crippen LogP contribution in [0.25, 0.3) is 0 Å². The fraction of sp³-hybridized carbons (Fsp3) is 0.350. The van der Waals surface area contributed by atoms with E-state index in [0.717, 1.165) is 13.1 Å². The maximum absolute atomic E-state index is 12.4. The second kappa shape index (κ2) is 7.82. The third kappa shape index (κ3) is 4.16. The van der Waals surface area contributed by atoms with Crippen LogP contribution in [0.5, 0.6) is 0 Å². The lowest BCUT2D eigenvalue weighted by molar-refractivity contribution is 0.0938. The molecule has 3 nitrogen and oxygen atoms in total. The summed E-state index contributed by atoms with van der Waals surface area (Å²) in [7, 11) is 0. The molecule has 24 heavy (non-hydrogen) atoms. The van der Waals surface area contributed by atoms with Gasteiger partial charge in [0.1, 0.15) is 0 Å². The van der Waals surface area contributed by atoms with E-state index in [1.54, 1.807) is 24.3 Å². The standard InChI is InChI=1S/C20H23ClN2O/c1-15-7-9-16(10-8-15)19(23-11-2-3-12-23)14-22-20(24)17-5-4-6-18(21)13-17/h4-10,13,19H,2-3,11-12,14H2,1H3,(H,22,24)/t19-/m0/s1. The van der Waals surface area contributed by atoms with Crippen LogP contribution in [0, 0.1) is 6.92 Å². The highest BCUT2D eigenvalue weighted by molar-refractivity contribution is 6.30. The molecule has 0 aliphatic carbocycles. The van der Waals surface area contributed by atoms with Crippen molar-refractivity contribution in [2.75, 3.05) is 19.6 Å². The summed E-state index contributed by atoms with van der Waals surface area (Å²) in [4.78, 5) is 14.9. The molecule has 1 N–H and O–H groups in total. The van der Waals surface area contributed by atoms with E-state index in [2.05, 4.69) is 41.4 Å². The number of hydrogen-bond acceptors (Lipinski definition) is 2. The molecule has 0 spiro atoms. The van der Waals surface area contributed by atoms with E-state index in [9.17, 15) is 4.79 Å². The van der Waals surface area contributed by atoms with Crippen molar-refractivity contribution in [2.45, 2.75) is 25.8 Å². The fourth-order valence-electron chi connectivity index (χ4n) is 3.22. The van der Waals surface area contributed by atoms with Crippen LogP contribution >= 0.6 is 11.6 Å². The summed E-state index contributed by atoms with van der Waals surface area (Å²) in [5, 5.41) is 3.66. The third-order valence-corrected chi connectivity index (χ3v) is 4.82. The van der Waals surface area contributed by atoms with Crippen molar-refractivity contribution in [3.63, 3.8) is 0 Å². The van der Waals surface area contributed by atoms with Gasteiger partial charge >= 0.3 is 0 Å². The van der Waals surface area contributed by atoms with Crippen molar-refractivity contribution in [1.29, 1.82) is 0 Å². The number of nitrogens with zero attached hydrogens (tertiary/aromatic N) is 1. The lowest BCUT2D eigenvalue weighted by Gasteiger charge is -2.28. The number of carbonyl (C=O) groups is 1. The summed E-state index contributed by atoms with van der Waals surface area (Å²) in [6.45, 7) is 4.88. The van der Waals surface area contributed by atoms with Gasteiger partial charge in [-0.05, 0) is 56.6 Å². The number of carbonyl (C=O) groups excluding carboxylic acids is 1. The van der Waals surface area contributed by atoms with Gasteiger partial charge in [-0.25, -0.2) is 0 Å². The van der Waals surface area contributed by atoms with Crippen molar-refractivity contribution >= 4 is 17.5 Å². The van der Waals surface area contributed by atoms with Gasteiger partial charge in [0, 0.05) is 17.1 Å². The number of nitrogens with one attached hydrogen (secondary N) is 1. The first-order valence-electron chi connectivity index (χ1n) is 8.48. The minimum Gasteiger partial charge on any atom is -0.350 e. The van der Waals surface area contributed by atoms with E-state index < -0.39 is 0 Å². The zero-order valence-corrected chi connectivity index (χ0v) is 14.7. The van der Waals surface area contributed by atoms with Crippen LogP contribution in [0.15, 0.2) is 48.5 Å². The Bertz CT molecular complexity index is 693. The van der Waals surface area contributed by atoms with Gasteiger partial charge in [0.15, 0.2) is 0 Å². The SMILES string of the molecule is Cc1ccc([C@H](CNC(=O)c2cccc(Cl)c2)N2CCCC2)cc1. The number of hydrogen-bond donors (Lipinski definition) is 1. The van der Waals surface area contributed by atoms with Crippen LogP contribution in [0.1, 0.15) is 40.4 Å². The summed E-state index contributed by atoms with van der Waals surface area (Å²) in [6, 6.07) is 15.9. The van der Waals surface area contributed by atoms with Crippen molar-refractivity contribution in [3.8, 4) is 0 Å². The van der Waals surface area contributed by atoms with Gasteiger partial charge in [-0.1, -0.05) is 47.5 Å². The monoisotopic (exact) mass is 342 g/mol. The van der Waals surface area contributed by atoms with E-state index >= 15 is 0 Å². The first-order valence-corrected chi connectivity index (χ1v) is 8.85. The Morgan fingerprint density at radius 3 is 2.54 bits per heavy atom. The molecular weight excluding hydrogens is 320 g/mol. The van der Waals surface area contributed by atoms with Crippen molar-refractivity contribution in [1.82, 2.24) is 10.2 Å². The molecule has 1 atom stereocenters. The lowest BCUT2D eigenvalue weighted by Crippen LogP contribution is -2.36. The Morgan fingerprint density at radius 2 is 1.88 bits per heavy atom. The summed E-state index contributed by atoms with van der Waals surface area (Å²) >= 11 is 5.98. The van der Waals surface area contributed by atoms with Crippen LogP contribution in [0.2, 0.25) is 5.02 Å². The highest BCUT2D eigenvalue weighted by Crippen LogP contribution is 2.25. The van der Waals surface area contributed by atoms with Gasteiger partial charge in [-0.2, -0.15) is 0 Å².